The summed E-state index contributed by atoms with van der Waals surface area (Å²) in [5.41, 5.74) is 0. The lowest BCUT2D eigenvalue weighted by Crippen LogP contribution is -2.36. The van der Waals surface area contributed by atoms with E-state index in [9.17, 15) is 9.59 Å². The summed E-state index contributed by atoms with van der Waals surface area (Å²) >= 11 is 3.36. The number of amides is 2. The van der Waals surface area contributed by atoms with E-state index in [1.165, 1.54) is 9.75 Å². The molecular formula is C20H28N2O3S2. The second-order valence-corrected chi connectivity index (χ2v) is 8.30. The summed E-state index contributed by atoms with van der Waals surface area (Å²) in [4.78, 5) is 28.7. The summed E-state index contributed by atoms with van der Waals surface area (Å²) in [5.74, 6) is 0.209. The first-order chi connectivity index (χ1) is 13.2. The topological polar surface area (TPSA) is 58.6 Å². The highest BCUT2D eigenvalue weighted by Gasteiger charge is 2.13. The minimum Gasteiger partial charge on any atom is -0.383 e. The first-order valence-electron chi connectivity index (χ1n) is 9.27. The third kappa shape index (κ3) is 8.69. The SMILES string of the molecule is COCCN(CCCNC(=O)CCc1cccs1)C(=O)CCc1cccs1. The molecule has 2 heterocycles. The number of nitrogens with zero attached hydrogens (tertiary/aromatic N) is 1. The molecule has 0 radical (unpaired) electrons. The zero-order valence-electron chi connectivity index (χ0n) is 15.8. The maximum atomic E-state index is 12.5. The smallest absolute Gasteiger partial charge is 0.223 e. The van der Waals surface area contributed by atoms with Gasteiger partial charge in [-0.1, -0.05) is 12.1 Å². The molecule has 0 aromatic carbocycles. The minimum absolute atomic E-state index is 0.0656. The Morgan fingerprint density at radius 2 is 1.70 bits per heavy atom. The van der Waals surface area contributed by atoms with Crippen LogP contribution in [-0.2, 0) is 27.2 Å². The molecule has 2 rings (SSSR count). The fourth-order valence-corrected chi connectivity index (χ4v) is 4.10. The monoisotopic (exact) mass is 408 g/mol. The van der Waals surface area contributed by atoms with E-state index in [1.807, 2.05) is 33.9 Å². The molecule has 27 heavy (non-hydrogen) atoms. The normalized spacial score (nSPS) is 10.7. The van der Waals surface area contributed by atoms with Gasteiger partial charge >= 0.3 is 0 Å². The molecule has 0 atom stereocenters. The Balaban J connectivity index is 1.65. The van der Waals surface area contributed by atoms with Crippen molar-refractivity contribution in [3.63, 3.8) is 0 Å². The van der Waals surface area contributed by atoms with Crippen LogP contribution in [0.3, 0.4) is 0 Å². The van der Waals surface area contributed by atoms with Crippen molar-refractivity contribution in [2.24, 2.45) is 0 Å². The zero-order chi connectivity index (χ0) is 19.3. The van der Waals surface area contributed by atoms with Crippen LogP contribution in [0.5, 0.6) is 0 Å². The number of carbonyl (C=O) groups is 2. The summed E-state index contributed by atoms with van der Waals surface area (Å²) in [6, 6.07) is 8.12. The number of ether oxygens (including phenoxy) is 1. The lowest BCUT2D eigenvalue weighted by Gasteiger charge is -2.22. The lowest BCUT2D eigenvalue weighted by molar-refractivity contribution is -0.131. The number of aryl methyl sites for hydroxylation is 2. The fourth-order valence-electron chi connectivity index (χ4n) is 2.68. The molecule has 7 heteroatoms. The first-order valence-corrected chi connectivity index (χ1v) is 11.0. The van der Waals surface area contributed by atoms with Crippen molar-refractivity contribution < 1.29 is 14.3 Å². The molecule has 5 nitrogen and oxygen atoms in total. The average Bonchev–Trinajstić information content (AvgIpc) is 3.37. The molecule has 2 aromatic heterocycles. The fraction of sp³-hybridized carbons (Fsp3) is 0.500. The second-order valence-electron chi connectivity index (χ2n) is 6.24. The van der Waals surface area contributed by atoms with E-state index >= 15 is 0 Å². The highest BCUT2D eigenvalue weighted by atomic mass is 32.1. The summed E-state index contributed by atoms with van der Waals surface area (Å²) in [6.07, 6.45) is 3.33. The lowest BCUT2D eigenvalue weighted by atomic mass is 10.2. The van der Waals surface area contributed by atoms with Crippen LogP contribution >= 0.6 is 22.7 Å². The average molecular weight is 409 g/mol. The quantitative estimate of drug-likeness (QED) is 0.517. The molecule has 0 aliphatic rings. The summed E-state index contributed by atoms with van der Waals surface area (Å²) in [5, 5.41) is 7.00. The maximum absolute atomic E-state index is 12.5. The zero-order valence-corrected chi connectivity index (χ0v) is 17.4. The van der Waals surface area contributed by atoms with Gasteiger partial charge in [0.25, 0.3) is 0 Å². The van der Waals surface area contributed by atoms with Crippen LogP contribution < -0.4 is 5.32 Å². The third-order valence-corrected chi connectivity index (χ3v) is 6.06. The van der Waals surface area contributed by atoms with E-state index in [-0.39, 0.29) is 11.8 Å². The van der Waals surface area contributed by atoms with E-state index in [1.54, 1.807) is 29.8 Å². The van der Waals surface area contributed by atoms with Gasteiger partial charge in [0.2, 0.25) is 11.8 Å². The maximum Gasteiger partial charge on any atom is 0.223 e. The van der Waals surface area contributed by atoms with Gasteiger partial charge in [0.1, 0.15) is 0 Å². The molecule has 0 aliphatic carbocycles. The van der Waals surface area contributed by atoms with E-state index < -0.39 is 0 Å². The largest absolute Gasteiger partial charge is 0.383 e. The van der Waals surface area contributed by atoms with Gasteiger partial charge in [-0.05, 0) is 42.2 Å². The molecule has 2 amide bonds. The van der Waals surface area contributed by atoms with Gasteiger partial charge in [-0.15, -0.1) is 22.7 Å². The van der Waals surface area contributed by atoms with Gasteiger partial charge in [-0.2, -0.15) is 0 Å². The minimum atomic E-state index is 0.0656. The third-order valence-electron chi connectivity index (χ3n) is 4.19. The molecule has 148 valence electrons. The Morgan fingerprint density at radius 3 is 2.30 bits per heavy atom. The predicted octanol–water partition coefficient (Wildman–Crippen LogP) is 3.36. The molecule has 0 bridgehead atoms. The Hall–Kier alpha value is -1.70. The first kappa shape index (κ1) is 21.6. The van der Waals surface area contributed by atoms with Gasteiger partial charge in [-0.3, -0.25) is 9.59 Å². The van der Waals surface area contributed by atoms with Crippen LogP contribution in [0, 0.1) is 0 Å². The number of methoxy groups -OCH3 is 1. The van der Waals surface area contributed by atoms with E-state index in [4.69, 9.17) is 4.74 Å². The molecule has 0 unspecified atom stereocenters. The van der Waals surface area contributed by atoms with Crippen LogP contribution in [0.4, 0.5) is 0 Å². The number of nitrogens with one attached hydrogen (secondary N) is 1. The van der Waals surface area contributed by atoms with Gasteiger partial charge in [-0.25, -0.2) is 0 Å². The van der Waals surface area contributed by atoms with Gasteiger partial charge in [0.15, 0.2) is 0 Å². The van der Waals surface area contributed by atoms with Gasteiger partial charge in [0, 0.05) is 49.3 Å². The van der Waals surface area contributed by atoms with E-state index in [0.717, 1.165) is 19.3 Å². The van der Waals surface area contributed by atoms with Crippen molar-refractivity contribution in [3.8, 4) is 0 Å². The molecule has 2 aromatic rings. The van der Waals surface area contributed by atoms with Crippen molar-refractivity contribution in [1.82, 2.24) is 10.2 Å². The molecular weight excluding hydrogens is 380 g/mol. The number of hydrogen-bond acceptors (Lipinski definition) is 5. The Bertz CT molecular complexity index is 657. The Kier molecular flexibility index (Phi) is 10.1. The molecule has 0 spiro atoms. The van der Waals surface area contributed by atoms with Crippen LogP contribution in [0.1, 0.15) is 29.0 Å². The predicted molar refractivity (Wildman–Crippen MR) is 111 cm³/mol. The van der Waals surface area contributed by atoms with Crippen molar-refractivity contribution in [3.05, 3.63) is 44.8 Å². The Labute approximate surface area is 169 Å². The molecule has 1 N–H and O–H groups in total. The summed E-state index contributed by atoms with van der Waals surface area (Å²) in [7, 11) is 1.64. The van der Waals surface area contributed by atoms with Crippen LogP contribution in [0.25, 0.3) is 0 Å². The van der Waals surface area contributed by atoms with Crippen molar-refractivity contribution in [2.45, 2.75) is 32.1 Å². The number of carbonyl (C=O) groups excluding carboxylic acids is 2. The standard InChI is InChI=1S/C20H28N2O3S2/c1-25-14-13-22(20(24)10-8-18-6-3-16-27-18)12-4-11-21-19(23)9-7-17-5-2-15-26-17/h2-3,5-6,15-16H,4,7-14H2,1H3,(H,21,23). The molecule has 0 saturated heterocycles. The number of rotatable bonds is 13. The van der Waals surface area contributed by atoms with Gasteiger partial charge < -0.3 is 15.0 Å². The van der Waals surface area contributed by atoms with Crippen molar-refractivity contribution >= 4 is 34.5 Å². The van der Waals surface area contributed by atoms with Gasteiger partial charge in [0.05, 0.1) is 6.61 Å². The summed E-state index contributed by atoms with van der Waals surface area (Å²) < 4.78 is 5.12. The van der Waals surface area contributed by atoms with Crippen LogP contribution in [0.2, 0.25) is 0 Å². The number of thiophene rings is 2. The van der Waals surface area contributed by atoms with E-state index in [0.29, 0.717) is 39.1 Å². The highest BCUT2D eigenvalue weighted by molar-refractivity contribution is 7.10. The highest BCUT2D eigenvalue weighted by Crippen LogP contribution is 2.12. The molecule has 0 saturated carbocycles. The number of hydrogen-bond donors (Lipinski definition) is 1. The Morgan fingerprint density at radius 1 is 1.04 bits per heavy atom. The molecule has 0 fully saturated rings. The summed E-state index contributed by atoms with van der Waals surface area (Å²) in [6.45, 7) is 2.34. The second kappa shape index (κ2) is 12.6. The van der Waals surface area contributed by atoms with E-state index in [2.05, 4.69) is 11.4 Å². The van der Waals surface area contributed by atoms with Crippen molar-refractivity contribution in [1.29, 1.82) is 0 Å². The molecule has 0 aliphatic heterocycles. The van der Waals surface area contributed by atoms with Crippen LogP contribution in [0.15, 0.2) is 35.0 Å². The van der Waals surface area contributed by atoms with Crippen molar-refractivity contribution in [2.75, 3.05) is 33.4 Å². The van der Waals surface area contributed by atoms with Crippen LogP contribution in [-0.4, -0.2) is 50.1 Å².